The molecule has 0 bridgehead atoms. The minimum atomic E-state index is -0.696. The Morgan fingerprint density at radius 3 is 2.22 bits per heavy atom. The molecule has 0 saturated carbocycles. The quantitative estimate of drug-likeness (QED) is 0.272. The van der Waals surface area contributed by atoms with Gasteiger partial charge in [0, 0.05) is 29.3 Å². The van der Waals surface area contributed by atoms with Gasteiger partial charge in [-0.3, -0.25) is 9.59 Å². The molecule has 0 saturated heterocycles. The van der Waals surface area contributed by atoms with Crippen molar-refractivity contribution >= 4 is 58.4 Å². The van der Waals surface area contributed by atoms with Crippen molar-refractivity contribution in [3.8, 4) is 0 Å². The normalized spacial score (nSPS) is 12.2. The van der Waals surface area contributed by atoms with Crippen LogP contribution >= 0.6 is 46.6 Å². The van der Waals surface area contributed by atoms with Crippen molar-refractivity contribution < 1.29 is 9.59 Å². The summed E-state index contributed by atoms with van der Waals surface area (Å²) in [6, 6.07) is 21.9. The summed E-state index contributed by atoms with van der Waals surface area (Å²) in [5.74, 6) is 0.469. The van der Waals surface area contributed by atoms with Gasteiger partial charge in [-0.05, 0) is 61.7 Å². The molecule has 0 heterocycles. The molecule has 0 aromatic heterocycles. The SMILES string of the molecule is CC(C)(C)NC(=O)[C@H](Cc1ccccc1)N(Cc1cccc(Cl)c1)C(=O)CSCc1ccc(Cl)c(Cl)c1. The van der Waals surface area contributed by atoms with Crippen LogP contribution in [-0.2, 0) is 28.3 Å². The molecule has 3 aromatic rings. The van der Waals surface area contributed by atoms with Gasteiger partial charge in [-0.25, -0.2) is 0 Å². The number of thioether (sulfide) groups is 1. The third-order valence-corrected chi connectivity index (χ3v) is 7.45. The molecule has 37 heavy (non-hydrogen) atoms. The molecule has 1 N–H and O–H groups in total. The van der Waals surface area contributed by atoms with Crippen molar-refractivity contribution in [1.82, 2.24) is 10.2 Å². The van der Waals surface area contributed by atoms with E-state index in [0.29, 0.717) is 27.2 Å². The Kier molecular flexibility index (Phi) is 10.8. The zero-order chi connectivity index (χ0) is 27.0. The zero-order valence-corrected chi connectivity index (χ0v) is 24.2. The lowest BCUT2D eigenvalue weighted by atomic mass is 10.0. The van der Waals surface area contributed by atoms with Crippen LogP contribution in [0.1, 0.15) is 37.5 Å². The summed E-state index contributed by atoms with van der Waals surface area (Å²) in [7, 11) is 0. The number of benzene rings is 3. The molecule has 0 aliphatic rings. The molecule has 0 fully saturated rings. The van der Waals surface area contributed by atoms with Crippen LogP contribution in [0.4, 0.5) is 0 Å². The lowest BCUT2D eigenvalue weighted by molar-refractivity contribution is -0.140. The van der Waals surface area contributed by atoms with E-state index < -0.39 is 11.6 Å². The van der Waals surface area contributed by atoms with Gasteiger partial charge >= 0.3 is 0 Å². The minimum Gasteiger partial charge on any atom is -0.350 e. The molecule has 8 heteroatoms. The van der Waals surface area contributed by atoms with E-state index in [4.69, 9.17) is 34.8 Å². The Morgan fingerprint density at radius 2 is 1.57 bits per heavy atom. The van der Waals surface area contributed by atoms with Gasteiger partial charge in [0.15, 0.2) is 0 Å². The van der Waals surface area contributed by atoms with E-state index in [1.807, 2.05) is 75.4 Å². The van der Waals surface area contributed by atoms with Crippen molar-refractivity contribution in [3.63, 3.8) is 0 Å². The Morgan fingerprint density at radius 1 is 0.865 bits per heavy atom. The van der Waals surface area contributed by atoms with E-state index in [1.54, 1.807) is 23.1 Å². The number of halogens is 3. The molecule has 4 nitrogen and oxygen atoms in total. The predicted octanol–water partition coefficient (Wildman–Crippen LogP) is 7.43. The second kappa shape index (κ2) is 13.6. The zero-order valence-electron chi connectivity index (χ0n) is 21.1. The summed E-state index contributed by atoms with van der Waals surface area (Å²) in [4.78, 5) is 28.9. The maximum Gasteiger partial charge on any atom is 0.243 e. The van der Waals surface area contributed by atoms with Crippen LogP contribution in [0.25, 0.3) is 0 Å². The molecule has 3 aromatic carbocycles. The Bertz CT molecular complexity index is 1220. The summed E-state index contributed by atoms with van der Waals surface area (Å²) in [5, 5.41) is 4.63. The number of nitrogens with zero attached hydrogens (tertiary/aromatic N) is 1. The molecular formula is C29H31Cl3N2O2S. The maximum absolute atomic E-state index is 13.7. The van der Waals surface area contributed by atoms with Gasteiger partial charge in [-0.1, -0.05) is 83.3 Å². The van der Waals surface area contributed by atoms with Crippen LogP contribution in [-0.4, -0.2) is 34.0 Å². The fourth-order valence-electron chi connectivity index (χ4n) is 3.81. The van der Waals surface area contributed by atoms with Crippen LogP contribution < -0.4 is 5.32 Å². The number of amides is 2. The topological polar surface area (TPSA) is 49.4 Å². The summed E-state index contributed by atoms with van der Waals surface area (Å²) in [6.07, 6.45) is 0.395. The molecule has 1 atom stereocenters. The van der Waals surface area contributed by atoms with Crippen LogP contribution in [0.15, 0.2) is 72.8 Å². The first-order chi connectivity index (χ1) is 17.5. The van der Waals surface area contributed by atoms with Crippen molar-refractivity contribution in [2.24, 2.45) is 0 Å². The summed E-state index contributed by atoms with van der Waals surface area (Å²) in [5.41, 5.74) is 2.36. The first-order valence-corrected chi connectivity index (χ1v) is 14.2. The Labute approximate surface area is 238 Å². The van der Waals surface area contributed by atoms with Crippen molar-refractivity contribution in [1.29, 1.82) is 0 Å². The molecule has 0 spiro atoms. The number of carbonyl (C=O) groups is 2. The molecule has 0 radical (unpaired) electrons. The lowest BCUT2D eigenvalue weighted by Gasteiger charge is -2.34. The van der Waals surface area contributed by atoms with Gasteiger partial charge in [-0.15, -0.1) is 11.8 Å². The van der Waals surface area contributed by atoms with Crippen molar-refractivity contribution in [3.05, 3.63) is 105 Å². The second-order valence-corrected chi connectivity index (χ2v) is 12.1. The molecule has 0 unspecified atom stereocenters. The third-order valence-electron chi connectivity index (χ3n) is 5.49. The van der Waals surface area contributed by atoms with E-state index in [1.165, 1.54) is 11.8 Å². The van der Waals surface area contributed by atoms with Crippen molar-refractivity contribution in [2.45, 2.75) is 51.1 Å². The van der Waals surface area contributed by atoms with Crippen molar-refractivity contribution in [2.75, 3.05) is 5.75 Å². The van der Waals surface area contributed by atoms with E-state index in [0.717, 1.165) is 16.7 Å². The van der Waals surface area contributed by atoms with E-state index in [9.17, 15) is 9.59 Å². The lowest BCUT2D eigenvalue weighted by Crippen LogP contribution is -2.54. The largest absolute Gasteiger partial charge is 0.350 e. The number of carbonyl (C=O) groups excluding carboxylic acids is 2. The van der Waals surface area contributed by atoms with Gasteiger partial charge in [-0.2, -0.15) is 0 Å². The Hall–Kier alpha value is -2.18. The number of rotatable bonds is 10. The summed E-state index contributed by atoms with van der Waals surface area (Å²) < 4.78 is 0. The fraction of sp³-hybridized carbons (Fsp3) is 0.310. The molecular weight excluding hydrogens is 547 g/mol. The minimum absolute atomic E-state index is 0.130. The average Bonchev–Trinajstić information content (AvgIpc) is 2.83. The second-order valence-electron chi connectivity index (χ2n) is 9.84. The molecule has 2 amide bonds. The van der Waals surface area contributed by atoms with Gasteiger partial charge in [0.25, 0.3) is 0 Å². The smallest absolute Gasteiger partial charge is 0.243 e. The highest BCUT2D eigenvalue weighted by Gasteiger charge is 2.32. The van der Waals surface area contributed by atoms with E-state index in [2.05, 4.69) is 5.32 Å². The van der Waals surface area contributed by atoms with Gasteiger partial charge in [0.1, 0.15) is 6.04 Å². The Balaban J connectivity index is 1.87. The van der Waals surface area contributed by atoms with E-state index >= 15 is 0 Å². The highest BCUT2D eigenvalue weighted by atomic mass is 35.5. The number of hydrogen-bond acceptors (Lipinski definition) is 3. The van der Waals surface area contributed by atoms with Crippen LogP contribution in [0.3, 0.4) is 0 Å². The van der Waals surface area contributed by atoms with Gasteiger partial charge < -0.3 is 10.2 Å². The van der Waals surface area contributed by atoms with Gasteiger partial charge in [0.05, 0.1) is 15.8 Å². The van der Waals surface area contributed by atoms with Gasteiger partial charge in [0.2, 0.25) is 11.8 Å². The summed E-state index contributed by atoms with van der Waals surface area (Å²) in [6.45, 7) is 6.06. The first-order valence-electron chi connectivity index (χ1n) is 11.9. The van der Waals surface area contributed by atoms with Crippen LogP contribution in [0, 0.1) is 0 Å². The number of hydrogen-bond donors (Lipinski definition) is 1. The molecule has 0 aliphatic carbocycles. The number of nitrogens with one attached hydrogen (secondary N) is 1. The highest BCUT2D eigenvalue weighted by Crippen LogP contribution is 2.25. The standard InChI is InChI=1S/C29H31Cl3N2O2S/c1-29(2,3)33-28(36)26(16-20-8-5-4-6-9-20)34(17-21-10-7-11-23(30)14-21)27(35)19-37-18-22-12-13-24(31)25(32)15-22/h4-15,26H,16-19H2,1-3H3,(H,33,36)/t26-/m0/s1. The fourth-order valence-corrected chi connectivity index (χ4v) is 5.20. The molecule has 0 aliphatic heterocycles. The van der Waals surface area contributed by atoms with Crippen LogP contribution in [0.5, 0.6) is 0 Å². The highest BCUT2D eigenvalue weighted by molar-refractivity contribution is 7.99. The average molecular weight is 578 g/mol. The van der Waals surface area contributed by atoms with E-state index in [-0.39, 0.29) is 24.1 Å². The van der Waals surface area contributed by atoms with Crippen LogP contribution in [0.2, 0.25) is 15.1 Å². The third kappa shape index (κ3) is 9.57. The predicted molar refractivity (Wildman–Crippen MR) is 156 cm³/mol. The molecule has 3 rings (SSSR count). The maximum atomic E-state index is 13.7. The first kappa shape index (κ1) is 29.4. The summed E-state index contributed by atoms with van der Waals surface area (Å²) >= 11 is 19.9. The molecule has 196 valence electrons. The monoisotopic (exact) mass is 576 g/mol.